The number of piperidine rings is 1. The first-order chi connectivity index (χ1) is 19.2. The van der Waals surface area contributed by atoms with Gasteiger partial charge in [-0.05, 0) is 47.3 Å². The zero-order valence-electron chi connectivity index (χ0n) is 21.3. The van der Waals surface area contributed by atoms with E-state index in [2.05, 4.69) is 50.4 Å². The Bertz CT molecular complexity index is 1520. The Morgan fingerprint density at radius 1 is 1.05 bits per heavy atom. The molecule has 9 heteroatoms. The second kappa shape index (κ2) is 10.5. The molecule has 2 aliphatic heterocycles. The monoisotopic (exact) mass is 520 g/mol. The van der Waals surface area contributed by atoms with Gasteiger partial charge in [0.25, 0.3) is 0 Å². The highest BCUT2D eigenvalue weighted by Gasteiger charge is 2.47. The molecule has 0 aliphatic carbocycles. The van der Waals surface area contributed by atoms with Gasteiger partial charge in [-0.25, -0.2) is 4.79 Å². The van der Waals surface area contributed by atoms with Gasteiger partial charge in [0.15, 0.2) is 6.73 Å². The van der Waals surface area contributed by atoms with Crippen LogP contribution in [0.1, 0.15) is 35.7 Å². The van der Waals surface area contributed by atoms with Crippen molar-refractivity contribution >= 4 is 11.8 Å². The van der Waals surface area contributed by atoms with Crippen LogP contribution >= 0.6 is 0 Å². The van der Waals surface area contributed by atoms with Gasteiger partial charge in [0, 0.05) is 35.8 Å². The lowest BCUT2D eigenvalue weighted by molar-refractivity contribution is 0.0523. The summed E-state index contributed by atoms with van der Waals surface area (Å²) in [7, 11) is 0. The van der Waals surface area contributed by atoms with Gasteiger partial charge in [0.05, 0.1) is 23.0 Å². The Kier molecular flexibility index (Phi) is 6.57. The number of azide groups is 1. The summed E-state index contributed by atoms with van der Waals surface area (Å²) in [5, 5.41) is 7.30. The number of likely N-dealkylation sites (tertiary alicyclic amines) is 1. The number of amides is 1. The summed E-state index contributed by atoms with van der Waals surface area (Å²) in [5.74, 6) is 0.612. The minimum atomic E-state index is -0.420. The van der Waals surface area contributed by atoms with E-state index >= 15 is 0 Å². The van der Waals surface area contributed by atoms with E-state index in [9.17, 15) is 4.79 Å². The number of carbonyl (C=O) groups excluding carboxylic acids is 1. The number of carbonyl (C=O) groups is 1. The number of anilines is 1. The summed E-state index contributed by atoms with van der Waals surface area (Å²) in [4.78, 5) is 18.0. The highest BCUT2D eigenvalue weighted by molar-refractivity contribution is 5.71. The topological polar surface area (TPSA) is 104 Å². The summed E-state index contributed by atoms with van der Waals surface area (Å²) in [6.07, 6.45) is 3.10. The Morgan fingerprint density at radius 3 is 2.64 bits per heavy atom. The van der Waals surface area contributed by atoms with E-state index < -0.39 is 5.54 Å². The van der Waals surface area contributed by atoms with Crippen LogP contribution in [0, 0.1) is 0 Å². The predicted molar refractivity (Wildman–Crippen MR) is 147 cm³/mol. The van der Waals surface area contributed by atoms with Gasteiger partial charge in [-0.2, -0.15) is 0 Å². The van der Waals surface area contributed by atoms with Gasteiger partial charge in [-0.15, -0.1) is 0 Å². The average molecular weight is 521 g/mol. The molecular weight excluding hydrogens is 492 g/mol. The minimum Gasteiger partial charge on any atom is -0.487 e. The number of nitrogens with one attached hydrogen (secondary N) is 1. The third-order valence-electron chi connectivity index (χ3n) is 7.51. The number of hydrogen-bond donors (Lipinski definition) is 1. The van der Waals surface area contributed by atoms with Crippen molar-refractivity contribution in [2.75, 3.05) is 18.6 Å². The normalized spacial score (nSPS) is 19.3. The van der Waals surface area contributed by atoms with Crippen LogP contribution in [0.3, 0.4) is 0 Å². The molecule has 1 amide bonds. The molecule has 3 heterocycles. The van der Waals surface area contributed by atoms with Crippen molar-refractivity contribution in [3.05, 3.63) is 124 Å². The molecule has 4 aromatic rings. The van der Waals surface area contributed by atoms with E-state index in [4.69, 9.17) is 15.0 Å². The van der Waals surface area contributed by atoms with Gasteiger partial charge in [0.2, 0.25) is 0 Å². The predicted octanol–water partition coefficient (Wildman–Crippen LogP) is 6.92. The van der Waals surface area contributed by atoms with Crippen LogP contribution in [0.4, 0.5) is 10.5 Å². The fourth-order valence-electron chi connectivity index (χ4n) is 5.70. The SMILES string of the molecule is [N-]=[N+]=NCOc1ccc2c(c1)NC1(CCN(C(=O)OCc3ccccc3)C(c3ccccc3)C1)c1cccn1-2. The Morgan fingerprint density at radius 2 is 1.85 bits per heavy atom. The molecule has 1 N–H and O–H groups in total. The van der Waals surface area contributed by atoms with Crippen LogP contribution in [0.2, 0.25) is 0 Å². The van der Waals surface area contributed by atoms with Crippen LogP contribution in [-0.4, -0.2) is 28.8 Å². The molecule has 1 fully saturated rings. The molecule has 196 valence electrons. The lowest BCUT2D eigenvalue weighted by atomic mass is 9.77. The van der Waals surface area contributed by atoms with Crippen molar-refractivity contribution in [2.24, 2.45) is 5.11 Å². The summed E-state index contributed by atoms with van der Waals surface area (Å²) < 4.78 is 13.6. The van der Waals surface area contributed by atoms with E-state index in [1.807, 2.05) is 71.6 Å². The number of fused-ring (bicyclic) bond motifs is 4. The molecule has 0 radical (unpaired) electrons. The van der Waals surface area contributed by atoms with Crippen molar-refractivity contribution in [3.8, 4) is 11.4 Å². The molecule has 3 aromatic carbocycles. The third-order valence-corrected chi connectivity index (χ3v) is 7.51. The van der Waals surface area contributed by atoms with Gasteiger partial charge in [-0.3, -0.25) is 0 Å². The fourth-order valence-corrected chi connectivity index (χ4v) is 5.70. The number of ether oxygens (including phenoxy) is 2. The second-order valence-corrected chi connectivity index (χ2v) is 9.77. The van der Waals surface area contributed by atoms with Crippen LogP contribution in [-0.2, 0) is 16.9 Å². The number of nitrogens with zero attached hydrogens (tertiary/aromatic N) is 5. The summed E-state index contributed by atoms with van der Waals surface area (Å²) >= 11 is 0. The summed E-state index contributed by atoms with van der Waals surface area (Å²) in [5.41, 5.74) is 13.3. The van der Waals surface area contributed by atoms with Crippen molar-refractivity contribution in [1.82, 2.24) is 9.47 Å². The van der Waals surface area contributed by atoms with Crippen molar-refractivity contribution < 1.29 is 14.3 Å². The van der Waals surface area contributed by atoms with Crippen LogP contribution in [0.25, 0.3) is 16.1 Å². The van der Waals surface area contributed by atoms with Crippen LogP contribution < -0.4 is 10.1 Å². The maximum Gasteiger partial charge on any atom is 0.410 e. The zero-order chi connectivity index (χ0) is 26.7. The summed E-state index contributed by atoms with van der Waals surface area (Å²) in [6, 6.07) is 29.7. The Labute approximate surface area is 226 Å². The van der Waals surface area contributed by atoms with Gasteiger partial charge in [0.1, 0.15) is 12.4 Å². The molecule has 6 rings (SSSR count). The molecule has 0 saturated carbocycles. The smallest absolute Gasteiger partial charge is 0.410 e. The maximum absolute atomic E-state index is 13.4. The first-order valence-electron chi connectivity index (χ1n) is 12.9. The number of hydrogen-bond acceptors (Lipinski definition) is 5. The van der Waals surface area contributed by atoms with E-state index in [0.29, 0.717) is 25.1 Å². The fraction of sp³-hybridized carbons (Fsp3) is 0.233. The molecular formula is C30H28N6O3. The summed E-state index contributed by atoms with van der Waals surface area (Å²) in [6.45, 7) is 0.676. The van der Waals surface area contributed by atoms with E-state index in [1.165, 1.54) is 0 Å². The highest BCUT2D eigenvalue weighted by atomic mass is 16.6. The Hall–Kier alpha value is -4.88. The zero-order valence-corrected chi connectivity index (χ0v) is 21.3. The quantitative estimate of drug-likeness (QED) is 0.169. The lowest BCUT2D eigenvalue weighted by Gasteiger charge is -2.49. The molecule has 2 aliphatic rings. The molecule has 2 atom stereocenters. The van der Waals surface area contributed by atoms with Gasteiger partial charge >= 0.3 is 6.09 Å². The molecule has 1 aromatic heterocycles. The largest absolute Gasteiger partial charge is 0.487 e. The van der Waals surface area contributed by atoms with Crippen LogP contribution in [0.15, 0.2) is 102 Å². The standard InChI is InChI=1S/C30H28N6O3/c31-34-32-21-39-24-13-14-26-25(18-24)33-30(28-12-7-16-35(26)28)15-17-36(27(19-30)23-10-5-2-6-11-23)29(37)38-20-22-8-3-1-4-9-22/h1-14,16,18,27,33H,15,17,19-21H2. The lowest BCUT2D eigenvalue weighted by Crippen LogP contribution is -2.52. The van der Waals surface area contributed by atoms with E-state index in [0.717, 1.165) is 28.2 Å². The number of benzene rings is 3. The number of rotatable bonds is 6. The van der Waals surface area contributed by atoms with E-state index in [-0.39, 0.29) is 25.5 Å². The second-order valence-electron chi connectivity index (χ2n) is 9.77. The van der Waals surface area contributed by atoms with Crippen molar-refractivity contribution in [1.29, 1.82) is 0 Å². The van der Waals surface area contributed by atoms with Crippen molar-refractivity contribution in [3.63, 3.8) is 0 Å². The molecule has 1 saturated heterocycles. The highest BCUT2D eigenvalue weighted by Crippen LogP contribution is 2.49. The minimum absolute atomic E-state index is 0.0780. The first-order valence-corrected chi connectivity index (χ1v) is 12.9. The van der Waals surface area contributed by atoms with Gasteiger partial charge in [-0.1, -0.05) is 65.8 Å². The maximum atomic E-state index is 13.4. The Balaban J connectivity index is 1.31. The molecule has 2 unspecified atom stereocenters. The van der Waals surface area contributed by atoms with Crippen LogP contribution in [0.5, 0.6) is 5.75 Å². The third kappa shape index (κ3) is 4.76. The van der Waals surface area contributed by atoms with E-state index in [1.54, 1.807) is 0 Å². The number of aromatic nitrogens is 1. The first kappa shape index (κ1) is 24.5. The van der Waals surface area contributed by atoms with Gasteiger partial charge < -0.3 is 24.3 Å². The molecule has 1 spiro atoms. The molecule has 39 heavy (non-hydrogen) atoms. The molecule has 9 nitrogen and oxygen atoms in total. The molecule has 0 bridgehead atoms. The van der Waals surface area contributed by atoms with Crippen molar-refractivity contribution in [2.45, 2.75) is 31.0 Å². The average Bonchev–Trinajstić information content (AvgIpc) is 3.49.